The van der Waals surface area contributed by atoms with Gasteiger partial charge in [-0.3, -0.25) is 14.4 Å². The van der Waals surface area contributed by atoms with Crippen molar-refractivity contribution in [2.24, 2.45) is 23.7 Å². The number of carboxylic acid groups (broad SMARTS) is 1. The zero-order valence-electron chi connectivity index (χ0n) is 19.2. The van der Waals surface area contributed by atoms with E-state index >= 15 is 0 Å². The number of carboxylic acids is 1. The molecule has 0 aliphatic heterocycles. The summed E-state index contributed by atoms with van der Waals surface area (Å²) in [7, 11) is 0. The van der Waals surface area contributed by atoms with Crippen LogP contribution in [0.1, 0.15) is 56.9 Å². The van der Waals surface area contributed by atoms with Gasteiger partial charge in [0.05, 0.1) is 6.54 Å². The molecule has 1 aromatic carbocycles. The zero-order chi connectivity index (χ0) is 23.6. The topological polar surface area (TPSA) is 116 Å². The minimum atomic E-state index is -0.749. The third-order valence-electron chi connectivity index (χ3n) is 7.17. The van der Waals surface area contributed by atoms with Gasteiger partial charge in [-0.1, -0.05) is 24.3 Å². The highest BCUT2D eigenvalue weighted by Gasteiger charge is 2.46. The third-order valence-corrected chi connectivity index (χ3v) is 7.17. The number of carbonyl (C=O) groups is 3. The Bertz CT molecular complexity index is 836. The smallest absolute Gasteiger partial charge is 0.303 e. The molecule has 2 fully saturated rings. The van der Waals surface area contributed by atoms with E-state index in [-0.39, 0.29) is 30.5 Å². The monoisotopic (exact) mass is 456 g/mol. The van der Waals surface area contributed by atoms with Crippen LogP contribution < -0.4 is 10.6 Å². The van der Waals surface area contributed by atoms with Gasteiger partial charge in [0.25, 0.3) is 0 Å². The molecule has 3 rings (SSSR count). The Morgan fingerprint density at radius 1 is 0.939 bits per heavy atom. The van der Waals surface area contributed by atoms with Gasteiger partial charge in [0.1, 0.15) is 5.75 Å². The van der Waals surface area contributed by atoms with Crippen LogP contribution in [0.25, 0.3) is 0 Å². The average Bonchev–Trinajstić information content (AvgIpc) is 3.40. The van der Waals surface area contributed by atoms with E-state index in [0.29, 0.717) is 43.6 Å². The van der Waals surface area contributed by atoms with Gasteiger partial charge in [0, 0.05) is 19.4 Å². The Morgan fingerprint density at radius 2 is 1.67 bits per heavy atom. The standard InChI is InChI=1S/C26H36N2O5/c29-21-12-7-18(8-13-21)9-14-24(30)28-17-25(31)27-16-23-20-11-10-19(15-20)22(23)5-3-1-2-4-6-26(32)33/h1,3,7-8,12-13,19-20,22-23,29H,2,4-6,9-11,14-17H2,(H,27,31)(H,28,30)(H,32,33)/b3-1-/t19-,20+,22-,23+/m1/s1. The predicted octanol–water partition coefficient (Wildman–Crippen LogP) is 3.42. The lowest BCUT2D eigenvalue weighted by molar-refractivity contribution is -0.137. The van der Waals surface area contributed by atoms with Gasteiger partial charge >= 0.3 is 5.97 Å². The number of allylic oxidation sites excluding steroid dienone is 2. The first-order valence-corrected chi connectivity index (χ1v) is 12.1. The maximum Gasteiger partial charge on any atom is 0.303 e. The van der Waals surface area contributed by atoms with E-state index in [1.165, 1.54) is 19.3 Å². The molecule has 33 heavy (non-hydrogen) atoms. The highest BCUT2D eigenvalue weighted by molar-refractivity contribution is 5.84. The molecule has 0 unspecified atom stereocenters. The Hall–Kier alpha value is -2.83. The van der Waals surface area contributed by atoms with E-state index < -0.39 is 5.97 Å². The lowest BCUT2D eigenvalue weighted by Gasteiger charge is -2.30. The van der Waals surface area contributed by atoms with Crippen molar-refractivity contribution in [2.45, 2.75) is 57.8 Å². The summed E-state index contributed by atoms with van der Waals surface area (Å²) in [4.78, 5) is 34.9. The molecule has 0 heterocycles. The van der Waals surface area contributed by atoms with Gasteiger partial charge in [0.2, 0.25) is 11.8 Å². The molecule has 2 amide bonds. The Morgan fingerprint density at radius 3 is 2.39 bits per heavy atom. The number of unbranched alkanes of at least 4 members (excludes halogenated alkanes) is 1. The number of fused-ring (bicyclic) bond motifs is 2. The van der Waals surface area contributed by atoms with Crippen LogP contribution in [-0.2, 0) is 20.8 Å². The van der Waals surface area contributed by atoms with Gasteiger partial charge in [-0.15, -0.1) is 0 Å². The highest BCUT2D eigenvalue weighted by atomic mass is 16.4. The molecule has 0 radical (unpaired) electrons. The lowest BCUT2D eigenvalue weighted by atomic mass is 9.77. The van der Waals surface area contributed by atoms with Gasteiger partial charge in [0.15, 0.2) is 0 Å². The molecule has 0 spiro atoms. The number of rotatable bonds is 13. The molecule has 0 saturated heterocycles. The van der Waals surface area contributed by atoms with Gasteiger partial charge in [-0.05, 0) is 86.3 Å². The predicted molar refractivity (Wildman–Crippen MR) is 126 cm³/mol. The van der Waals surface area contributed by atoms with Crippen LogP contribution in [0.3, 0.4) is 0 Å². The molecule has 7 nitrogen and oxygen atoms in total. The zero-order valence-corrected chi connectivity index (χ0v) is 19.2. The van der Waals surface area contributed by atoms with E-state index in [1.54, 1.807) is 24.3 Å². The van der Waals surface area contributed by atoms with E-state index in [1.807, 2.05) is 0 Å². The molecule has 7 heteroatoms. The minimum absolute atomic E-state index is 0.0105. The molecule has 4 atom stereocenters. The van der Waals surface area contributed by atoms with Crippen LogP contribution in [0, 0.1) is 23.7 Å². The third kappa shape index (κ3) is 7.91. The molecular weight excluding hydrogens is 420 g/mol. The summed E-state index contributed by atoms with van der Waals surface area (Å²) >= 11 is 0. The Kier molecular flexibility index (Phi) is 9.34. The Labute approximate surface area is 195 Å². The van der Waals surface area contributed by atoms with E-state index in [2.05, 4.69) is 22.8 Å². The second-order valence-electron chi connectivity index (χ2n) is 9.40. The molecular formula is C26H36N2O5. The number of phenols is 1. The first-order valence-electron chi connectivity index (χ1n) is 12.1. The maximum absolute atomic E-state index is 12.3. The molecule has 180 valence electrons. The van der Waals surface area contributed by atoms with Crippen LogP contribution in [0.4, 0.5) is 0 Å². The number of carbonyl (C=O) groups excluding carboxylic acids is 2. The number of nitrogens with one attached hydrogen (secondary N) is 2. The van der Waals surface area contributed by atoms with Crippen LogP contribution in [-0.4, -0.2) is 41.1 Å². The van der Waals surface area contributed by atoms with E-state index in [4.69, 9.17) is 5.11 Å². The van der Waals surface area contributed by atoms with Gasteiger partial charge < -0.3 is 20.8 Å². The van der Waals surface area contributed by atoms with Crippen molar-refractivity contribution in [1.29, 1.82) is 0 Å². The van der Waals surface area contributed by atoms with Crippen molar-refractivity contribution in [1.82, 2.24) is 10.6 Å². The van der Waals surface area contributed by atoms with Crippen LogP contribution in [0.15, 0.2) is 36.4 Å². The number of amides is 2. The fourth-order valence-corrected chi connectivity index (χ4v) is 5.44. The molecule has 2 bridgehead atoms. The highest BCUT2D eigenvalue weighted by Crippen LogP contribution is 2.53. The summed E-state index contributed by atoms with van der Waals surface area (Å²) in [6.45, 7) is 0.643. The van der Waals surface area contributed by atoms with Crippen molar-refractivity contribution in [3.8, 4) is 5.75 Å². The average molecular weight is 457 g/mol. The summed E-state index contributed by atoms with van der Waals surface area (Å²) in [5, 5.41) is 23.7. The fraction of sp³-hybridized carbons (Fsp3) is 0.577. The van der Waals surface area contributed by atoms with Crippen LogP contribution >= 0.6 is 0 Å². The number of aliphatic carboxylic acids is 1. The van der Waals surface area contributed by atoms with Crippen molar-refractivity contribution in [2.75, 3.05) is 13.1 Å². The van der Waals surface area contributed by atoms with E-state index in [0.717, 1.165) is 24.3 Å². The quantitative estimate of drug-likeness (QED) is 0.268. The maximum atomic E-state index is 12.3. The van der Waals surface area contributed by atoms with E-state index in [9.17, 15) is 19.5 Å². The second kappa shape index (κ2) is 12.4. The van der Waals surface area contributed by atoms with Crippen molar-refractivity contribution in [3.63, 3.8) is 0 Å². The van der Waals surface area contributed by atoms with Crippen molar-refractivity contribution in [3.05, 3.63) is 42.0 Å². The number of phenolic OH excluding ortho intramolecular Hbond substituents is 1. The normalized spacial score (nSPS) is 23.6. The van der Waals surface area contributed by atoms with Crippen molar-refractivity contribution >= 4 is 17.8 Å². The number of aromatic hydroxyl groups is 1. The largest absolute Gasteiger partial charge is 0.508 e. The molecule has 2 aliphatic rings. The molecule has 2 aliphatic carbocycles. The number of hydrogen-bond acceptors (Lipinski definition) is 4. The van der Waals surface area contributed by atoms with Gasteiger partial charge in [-0.2, -0.15) is 0 Å². The molecule has 1 aromatic rings. The number of aryl methyl sites for hydroxylation is 1. The summed E-state index contributed by atoms with van der Waals surface area (Å²) in [6, 6.07) is 6.76. The summed E-state index contributed by atoms with van der Waals surface area (Å²) < 4.78 is 0. The second-order valence-corrected chi connectivity index (χ2v) is 9.40. The van der Waals surface area contributed by atoms with Crippen LogP contribution in [0.2, 0.25) is 0 Å². The minimum Gasteiger partial charge on any atom is -0.508 e. The number of hydrogen-bond donors (Lipinski definition) is 4. The Balaban J connectivity index is 1.34. The van der Waals surface area contributed by atoms with Crippen LogP contribution in [0.5, 0.6) is 5.75 Å². The van der Waals surface area contributed by atoms with Crippen molar-refractivity contribution < 1.29 is 24.6 Å². The molecule has 4 N–H and O–H groups in total. The molecule has 2 saturated carbocycles. The fourth-order valence-electron chi connectivity index (χ4n) is 5.44. The lowest BCUT2D eigenvalue weighted by Crippen LogP contribution is -2.41. The first-order chi connectivity index (χ1) is 15.9. The summed E-state index contributed by atoms with van der Waals surface area (Å²) in [6.07, 6.45) is 11.5. The SMILES string of the molecule is O=C(O)CCC/C=C\C[C@@H]1[C@@H]2CC[C@@H](C2)[C@@H]1CNC(=O)CNC(=O)CCc1ccc(O)cc1. The van der Waals surface area contributed by atoms with Gasteiger partial charge in [-0.25, -0.2) is 0 Å². The first kappa shape index (κ1) is 24.8. The summed E-state index contributed by atoms with van der Waals surface area (Å²) in [5.74, 6) is 1.56. The number of benzene rings is 1. The molecule has 0 aromatic heterocycles. The summed E-state index contributed by atoms with van der Waals surface area (Å²) in [5.41, 5.74) is 0.964.